The minimum atomic E-state index is 0.0422. The molecule has 23 heavy (non-hydrogen) atoms. The summed E-state index contributed by atoms with van der Waals surface area (Å²) in [5.74, 6) is 0.171. The van der Waals surface area contributed by atoms with E-state index in [4.69, 9.17) is 0 Å². The van der Waals surface area contributed by atoms with Crippen molar-refractivity contribution in [2.45, 2.75) is 52.4 Å². The molecule has 0 bridgehead atoms. The molecule has 0 heterocycles. The van der Waals surface area contributed by atoms with E-state index in [-0.39, 0.29) is 16.6 Å². The molecule has 1 nitrogen and oxygen atoms in total. The van der Waals surface area contributed by atoms with Crippen molar-refractivity contribution in [3.8, 4) is 11.1 Å². The Morgan fingerprint density at radius 2 is 1.30 bits per heavy atom. The molecule has 0 atom stereocenters. The summed E-state index contributed by atoms with van der Waals surface area (Å²) in [5.41, 5.74) is 6.44. The Bertz CT molecular complexity index is 817. The van der Waals surface area contributed by atoms with Crippen molar-refractivity contribution in [2.24, 2.45) is 0 Å². The van der Waals surface area contributed by atoms with Gasteiger partial charge in [-0.1, -0.05) is 53.7 Å². The molecule has 0 saturated heterocycles. The van der Waals surface area contributed by atoms with Crippen molar-refractivity contribution in [3.63, 3.8) is 0 Å². The molecule has 2 aromatic rings. The molecule has 2 aromatic carbocycles. The minimum absolute atomic E-state index is 0.0422. The molecule has 0 aliphatic heterocycles. The van der Waals surface area contributed by atoms with E-state index >= 15 is 0 Å². The molecule has 2 heteroatoms. The molecule has 0 fully saturated rings. The van der Waals surface area contributed by atoms with Crippen LogP contribution >= 0.6 is 22.6 Å². The number of carbonyl (C=O) groups excluding carboxylic acids is 1. The molecule has 0 amide bonds. The molecule has 1 aliphatic rings. The molecular weight excluding hydrogens is 395 g/mol. The van der Waals surface area contributed by atoms with Gasteiger partial charge in [0.05, 0.1) is 0 Å². The van der Waals surface area contributed by atoms with Crippen LogP contribution in [0.5, 0.6) is 0 Å². The van der Waals surface area contributed by atoms with Crippen LogP contribution in [0, 0.1) is 3.57 Å². The van der Waals surface area contributed by atoms with E-state index in [9.17, 15) is 4.79 Å². The third kappa shape index (κ3) is 2.75. The Labute approximate surface area is 152 Å². The lowest BCUT2D eigenvalue weighted by Crippen LogP contribution is -2.13. The topological polar surface area (TPSA) is 17.1 Å². The second kappa shape index (κ2) is 5.17. The highest BCUT2D eigenvalue weighted by atomic mass is 127. The van der Waals surface area contributed by atoms with E-state index in [1.165, 1.54) is 14.7 Å². The summed E-state index contributed by atoms with van der Waals surface area (Å²) in [6.45, 7) is 13.1. The van der Waals surface area contributed by atoms with Gasteiger partial charge in [-0.3, -0.25) is 4.79 Å². The smallest absolute Gasteiger partial charge is 0.194 e. The number of fused-ring (bicyclic) bond motifs is 3. The Hall–Kier alpha value is -1.16. The highest BCUT2D eigenvalue weighted by Gasteiger charge is 2.31. The van der Waals surface area contributed by atoms with Gasteiger partial charge in [0.25, 0.3) is 0 Å². The summed E-state index contributed by atoms with van der Waals surface area (Å²) in [5, 5.41) is 0. The van der Waals surface area contributed by atoms with E-state index in [1.54, 1.807) is 0 Å². The van der Waals surface area contributed by atoms with Crippen LogP contribution in [0.3, 0.4) is 0 Å². The monoisotopic (exact) mass is 418 g/mol. The van der Waals surface area contributed by atoms with Crippen molar-refractivity contribution in [2.75, 3.05) is 0 Å². The van der Waals surface area contributed by atoms with Crippen molar-refractivity contribution < 1.29 is 4.79 Å². The van der Waals surface area contributed by atoms with E-state index in [0.29, 0.717) is 0 Å². The first-order chi connectivity index (χ1) is 10.5. The summed E-state index contributed by atoms with van der Waals surface area (Å²) in [7, 11) is 0. The molecular formula is C21H23IO. The van der Waals surface area contributed by atoms with Gasteiger partial charge >= 0.3 is 0 Å². The maximum Gasteiger partial charge on any atom is 0.194 e. The Morgan fingerprint density at radius 3 is 1.87 bits per heavy atom. The molecule has 3 rings (SSSR count). The van der Waals surface area contributed by atoms with Crippen LogP contribution in [0.15, 0.2) is 30.3 Å². The van der Waals surface area contributed by atoms with Gasteiger partial charge in [-0.25, -0.2) is 0 Å². The third-order valence-corrected chi connectivity index (χ3v) is 5.45. The first-order valence-electron chi connectivity index (χ1n) is 8.04. The molecule has 0 unspecified atom stereocenters. The van der Waals surface area contributed by atoms with Crippen molar-refractivity contribution in [1.82, 2.24) is 0 Å². The molecule has 0 aromatic heterocycles. The Kier molecular flexibility index (Phi) is 3.75. The van der Waals surface area contributed by atoms with Gasteiger partial charge in [-0.2, -0.15) is 0 Å². The van der Waals surface area contributed by atoms with Gasteiger partial charge in [0.1, 0.15) is 0 Å². The van der Waals surface area contributed by atoms with Gasteiger partial charge < -0.3 is 0 Å². The number of rotatable bonds is 0. The predicted octanol–water partition coefficient (Wildman–Crippen LogP) is 6.10. The van der Waals surface area contributed by atoms with Gasteiger partial charge in [0.15, 0.2) is 5.78 Å². The number of ketones is 1. The lowest BCUT2D eigenvalue weighted by molar-refractivity contribution is 0.104. The molecule has 0 N–H and O–H groups in total. The zero-order chi connectivity index (χ0) is 17.2. The molecule has 0 spiro atoms. The summed E-state index contributed by atoms with van der Waals surface area (Å²) >= 11 is 2.37. The standard InChI is InChI=1S/C21H23IO/c1-20(2,3)12-7-8-14-15(9-12)19(23)16-10-13(21(4,5)6)11-17(22)18(14)16/h7-11H,1-6H3. The molecule has 0 saturated carbocycles. The van der Waals surface area contributed by atoms with Gasteiger partial charge in [0.2, 0.25) is 0 Å². The fourth-order valence-electron chi connectivity index (χ4n) is 3.05. The van der Waals surface area contributed by atoms with Gasteiger partial charge in [-0.05, 0) is 68.3 Å². The first kappa shape index (κ1) is 16.7. The summed E-state index contributed by atoms with van der Waals surface area (Å²) in [4.78, 5) is 13.0. The summed E-state index contributed by atoms with van der Waals surface area (Å²) in [6.07, 6.45) is 0. The third-order valence-electron chi connectivity index (χ3n) is 4.60. The largest absolute Gasteiger partial charge is 0.289 e. The predicted molar refractivity (Wildman–Crippen MR) is 105 cm³/mol. The quantitative estimate of drug-likeness (QED) is 0.404. The average Bonchev–Trinajstić information content (AvgIpc) is 2.70. The zero-order valence-corrected chi connectivity index (χ0v) is 16.8. The number of hydrogen-bond donors (Lipinski definition) is 0. The van der Waals surface area contributed by atoms with E-state index in [2.05, 4.69) is 94.5 Å². The van der Waals surface area contributed by atoms with Gasteiger partial charge in [-0.15, -0.1) is 0 Å². The van der Waals surface area contributed by atoms with E-state index < -0.39 is 0 Å². The number of carbonyl (C=O) groups is 1. The van der Waals surface area contributed by atoms with Crippen LogP contribution in [-0.4, -0.2) is 5.78 Å². The van der Waals surface area contributed by atoms with Crippen molar-refractivity contribution in [1.29, 1.82) is 0 Å². The zero-order valence-electron chi connectivity index (χ0n) is 14.7. The maximum atomic E-state index is 13.0. The van der Waals surface area contributed by atoms with E-state index in [1.807, 2.05) is 0 Å². The van der Waals surface area contributed by atoms with Crippen LogP contribution < -0.4 is 0 Å². The van der Waals surface area contributed by atoms with Crippen LogP contribution in [-0.2, 0) is 10.8 Å². The van der Waals surface area contributed by atoms with Crippen LogP contribution in [0.1, 0.15) is 68.6 Å². The number of hydrogen-bond acceptors (Lipinski definition) is 1. The first-order valence-corrected chi connectivity index (χ1v) is 9.11. The highest BCUT2D eigenvalue weighted by molar-refractivity contribution is 14.1. The summed E-state index contributed by atoms with van der Waals surface area (Å²) in [6, 6.07) is 10.7. The molecule has 120 valence electrons. The molecule has 1 aliphatic carbocycles. The summed E-state index contributed by atoms with van der Waals surface area (Å²) < 4.78 is 1.17. The number of benzene rings is 2. The van der Waals surface area contributed by atoms with E-state index in [0.717, 1.165) is 22.3 Å². The van der Waals surface area contributed by atoms with Gasteiger partial charge in [0, 0.05) is 20.3 Å². The normalized spacial score (nSPS) is 14.0. The maximum absolute atomic E-state index is 13.0. The minimum Gasteiger partial charge on any atom is -0.289 e. The number of halogens is 1. The fraction of sp³-hybridized carbons (Fsp3) is 0.381. The highest BCUT2D eigenvalue weighted by Crippen LogP contribution is 2.43. The van der Waals surface area contributed by atoms with Crippen LogP contribution in [0.4, 0.5) is 0 Å². The lowest BCUT2D eigenvalue weighted by Gasteiger charge is -2.21. The SMILES string of the molecule is CC(C)(C)c1ccc2c(c1)C(=O)c1cc(C(C)(C)C)cc(I)c1-2. The van der Waals surface area contributed by atoms with Crippen LogP contribution in [0.2, 0.25) is 0 Å². The second-order valence-corrected chi connectivity index (χ2v) is 9.63. The molecule has 0 radical (unpaired) electrons. The Balaban J connectivity index is 2.23. The lowest BCUT2D eigenvalue weighted by atomic mass is 9.85. The fourth-order valence-corrected chi connectivity index (χ4v) is 3.97. The Morgan fingerprint density at radius 1 is 0.739 bits per heavy atom. The average molecular weight is 418 g/mol. The van der Waals surface area contributed by atoms with Crippen LogP contribution in [0.25, 0.3) is 11.1 Å². The van der Waals surface area contributed by atoms with Crippen molar-refractivity contribution >= 4 is 28.4 Å². The second-order valence-electron chi connectivity index (χ2n) is 8.47. The van der Waals surface area contributed by atoms with Crippen molar-refractivity contribution in [3.05, 3.63) is 56.2 Å².